The Labute approximate surface area is 134 Å². The second kappa shape index (κ2) is 7.10. The maximum absolute atomic E-state index is 11.3. The molecular formula is C19H28N2O. The standard InChI is InChI=1S/C19H28N2O/c1-5-18(22)20-17-10-12-21(13-11-17)14-15-6-8-16(9-7-15)19(2,3)4/h5-9,17H,1,10-14H2,2-4H3,(H,20,22). The molecular weight excluding hydrogens is 272 g/mol. The number of carbonyl (C=O) groups is 1. The van der Waals surface area contributed by atoms with Gasteiger partial charge in [-0.15, -0.1) is 0 Å². The van der Waals surface area contributed by atoms with Crippen molar-refractivity contribution in [3.63, 3.8) is 0 Å². The highest BCUT2D eigenvalue weighted by molar-refractivity contribution is 5.87. The predicted octanol–water partition coefficient (Wildman–Crippen LogP) is 3.25. The van der Waals surface area contributed by atoms with Gasteiger partial charge in [-0.05, 0) is 35.5 Å². The van der Waals surface area contributed by atoms with Gasteiger partial charge >= 0.3 is 0 Å². The molecule has 3 nitrogen and oxygen atoms in total. The quantitative estimate of drug-likeness (QED) is 0.866. The molecule has 0 aromatic heterocycles. The lowest BCUT2D eigenvalue weighted by Crippen LogP contribution is -2.43. The molecule has 1 aliphatic heterocycles. The number of benzene rings is 1. The Morgan fingerprint density at radius 2 is 1.86 bits per heavy atom. The van der Waals surface area contributed by atoms with Gasteiger partial charge in [0.15, 0.2) is 0 Å². The van der Waals surface area contributed by atoms with Crippen molar-refractivity contribution in [2.75, 3.05) is 13.1 Å². The van der Waals surface area contributed by atoms with E-state index in [0.717, 1.165) is 32.5 Å². The zero-order valence-corrected chi connectivity index (χ0v) is 14.1. The second-order valence-electron chi connectivity index (χ2n) is 7.21. The Balaban J connectivity index is 1.83. The van der Waals surface area contributed by atoms with Crippen molar-refractivity contribution >= 4 is 5.91 Å². The van der Waals surface area contributed by atoms with E-state index < -0.39 is 0 Å². The molecule has 2 rings (SSSR count). The van der Waals surface area contributed by atoms with E-state index in [4.69, 9.17) is 0 Å². The van der Waals surface area contributed by atoms with Crippen LogP contribution in [0.5, 0.6) is 0 Å². The number of nitrogens with zero attached hydrogens (tertiary/aromatic N) is 1. The van der Waals surface area contributed by atoms with Gasteiger partial charge in [-0.25, -0.2) is 0 Å². The Hall–Kier alpha value is -1.61. The Bertz CT molecular complexity index is 505. The third kappa shape index (κ3) is 4.70. The molecule has 1 heterocycles. The molecule has 1 aromatic carbocycles. The highest BCUT2D eigenvalue weighted by atomic mass is 16.1. The van der Waals surface area contributed by atoms with Crippen molar-refractivity contribution in [3.8, 4) is 0 Å². The van der Waals surface area contributed by atoms with Gasteiger partial charge < -0.3 is 5.32 Å². The Kier molecular flexibility index (Phi) is 5.41. The van der Waals surface area contributed by atoms with Crippen LogP contribution >= 0.6 is 0 Å². The average molecular weight is 300 g/mol. The van der Waals surface area contributed by atoms with Gasteiger partial charge in [0.05, 0.1) is 0 Å². The lowest BCUT2D eigenvalue weighted by atomic mass is 9.86. The Morgan fingerprint density at radius 3 is 2.36 bits per heavy atom. The zero-order chi connectivity index (χ0) is 16.2. The summed E-state index contributed by atoms with van der Waals surface area (Å²) in [6, 6.07) is 9.27. The summed E-state index contributed by atoms with van der Waals surface area (Å²) in [5.41, 5.74) is 2.95. The van der Waals surface area contributed by atoms with Crippen LogP contribution in [0.1, 0.15) is 44.7 Å². The average Bonchev–Trinajstić information content (AvgIpc) is 2.49. The van der Waals surface area contributed by atoms with Crippen LogP contribution in [0.25, 0.3) is 0 Å². The van der Waals surface area contributed by atoms with Crippen molar-refractivity contribution in [1.29, 1.82) is 0 Å². The van der Waals surface area contributed by atoms with Gasteiger partial charge in [0, 0.05) is 25.7 Å². The summed E-state index contributed by atoms with van der Waals surface area (Å²) in [4.78, 5) is 13.8. The first-order valence-electron chi connectivity index (χ1n) is 8.13. The van der Waals surface area contributed by atoms with Crippen LogP contribution < -0.4 is 5.32 Å². The van der Waals surface area contributed by atoms with E-state index >= 15 is 0 Å². The summed E-state index contributed by atoms with van der Waals surface area (Å²) < 4.78 is 0. The first-order valence-corrected chi connectivity index (χ1v) is 8.13. The predicted molar refractivity (Wildman–Crippen MR) is 91.8 cm³/mol. The molecule has 1 amide bonds. The molecule has 1 aromatic rings. The minimum Gasteiger partial charge on any atom is -0.350 e. The first-order chi connectivity index (χ1) is 10.4. The van der Waals surface area contributed by atoms with E-state index in [2.05, 4.69) is 61.8 Å². The summed E-state index contributed by atoms with van der Waals surface area (Å²) >= 11 is 0. The molecule has 0 atom stereocenters. The molecule has 120 valence electrons. The van der Waals surface area contributed by atoms with Gasteiger partial charge in [0.25, 0.3) is 0 Å². The highest BCUT2D eigenvalue weighted by Crippen LogP contribution is 2.23. The van der Waals surface area contributed by atoms with Gasteiger partial charge in [-0.1, -0.05) is 51.6 Å². The number of carbonyl (C=O) groups excluding carboxylic acids is 1. The van der Waals surface area contributed by atoms with Crippen molar-refractivity contribution in [3.05, 3.63) is 48.0 Å². The van der Waals surface area contributed by atoms with E-state index in [1.165, 1.54) is 17.2 Å². The molecule has 0 saturated carbocycles. The number of piperidine rings is 1. The molecule has 0 aliphatic carbocycles. The first kappa shape index (κ1) is 16.8. The fourth-order valence-corrected chi connectivity index (χ4v) is 2.86. The minimum absolute atomic E-state index is 0.0591. The van der Waals surface area contributed by atoms with Crippen molar-refractivity contribution in [2.24, 2.45) is 0 Å². The number of nitrogens with one attached hydrogen (secondary N) is 1. The summed E-state index contributed by atoms with van der Waals surface area (Å²) in [7, 11) is 0. The second-order valence-corrected chi connectivity index (χ2v) is 7.21. The number of rotatable bonds is 4. The third-order valence-electron chi connectivity index (χ3n) is 4.35. The SMILES string of the molecule is C=CC(=O)NC1CCN(Cc2ccc(C(C)(C)C)cc2)CC1. The van der Waals surface area contributed by atoms with E-state index in [9.17, 15) is 4.79 Å². The van der Waals surface area contributed by atoms with Crippen LogP contribution in [0.4, 0.5) is 0 Å². The van der Waals surface area contributed by atoms with E-state index in [1.54, 1.807) is 0 Å². The fraction of sp³-hybridized carbons (Fsp3) is 0.526. The summed E-state index contributed by atoms with van der Waals surface area (Å²) in [5, 5.41) is 2.99. The van der Waals surface area contributed by atoms with Crippen LogP contribution in [0.3, 0.4) is 0 Å². The minimum atomic E-state index is -0.0591. The molecule has 0 radical (unpaired) electrons. The summed E-state index contributed by atoms with van der Waals surface area (Å²) in [6.07, 6.45) is 3.38. The number of amides is 1. The molecule has 0 spiro atoms. The van der Waals surface area contributed by atoms with Crippen molar-refractivity contribution in [1.82, 2.24) is 10.2 Å². The smallest absolute Gasteiger partial charge is 0.243 e. The monoisotopic (exact) mass is 300 g/mol. The number of likely N-dealkylation sites (tertiary alicyclic amines) is 1. The molecule has 22 heavy (non-hydrogen) atoms. The maximum atomic E-state index is 11.3. The summed E-state index contributed by atoms with van der Waals surface area (Å²) in [5.74, 6) is -0.0591. The van der Waals surface area contributed by atoms with Gasteiger partial charge in [0.2, 0.25) is 5.91 Å². The lowest BCUT2D eigenvalue weighted by molar-refractivity contribution is -0.117. The van der Waals surface area contributed by atoms with Crippen LogP contribution in [-0.2, 0) is 16.8 Å². The lowest BCUT2D eigenvalue weighted by Gasteiger charge is -2.32. The van der Waals surface area contributed by atoms with Gasteiger partial charge in [-0.2, -0.15) is 0 Å². The molecule has 1 N–H and O–H groups in total. The third-order valence-corrected chi connectivity index (χ3v) is 4.35. The molecule has 0 bridgehead atoms. The molecule has 1 saturated heterocycles. The van der Waals surface area contributed by atoms with Crippen molar-refractivity contribution in [2.45, 2.75) is 51.6 Å². The van der Waals surface area contributed by atoms with E-state index in [0.29, 0.717) is 6.04 Å². The van der Waals surface area contributed by atoms with Crippen LogP contribution in [-0.4, -0.2) is 29.9 Å². The van der Waals surface area contributed by atoms with E-state index in [1.807, 2.05) is 0 Å². The van der Waals surface area contributed by atoms with Gasteiger partial charge in [0.1, 0.15) is 0 Å². The van der Waals surface area contributed by atoms with Crippen LogP contribution in [0.2, 0.25) is 0 Å². The zero-order valence-electron chi connectivity index (χ0n) is 14.1. The maximum Gasteiger partial charge on any atom is 0.243 e. The largest absolute Gasteiger partial charge is 0.350 e. The normalized spacial score (nSPS) is 17.2. The fourth-order valence-electron chi connectivity index (χ4n) is 2.86. The molecule has 3 heteroatoms. The molecule has 1 fully saturated rings. The summed E-state index contributed by atoms with van der Waals surface area (Å²) in [6.45, 7) is 13.3. The van der Waals surface area contributed by atoms with E-state index in [-0.39, 0.29) is 11.3 Å². The number of hydrogen-bond acceptors (Lipinski definition) is 2. The highest BCUT2D eigenvalue weighted by Gasteiger charge is 2.20. The van der Waals surface area contributed by atoms with Crippen LogP contribution in [0, 0.1) is 0 Å². The number of hydrogen-bond donors (Lipinski definition) is 1. The molecule has 0 unspecified atom stereocenters. The van der Waals surface area contributed by atoms with Gasteiger partial charge in [-0.3, -0.25) is 9.69 Å². The topological polar surface area (TPSA) is 32.3 Å². The molecule has 1 aliphatic rings. The van der Waals surface area contributed by atoms with Crippen molar-refractivity contribution < 1.29 is 4.79 Å². The Morgan fingerprint density at radius 1 is 1.27 bits per heavy atom. The van der Waals surface area contributed by atoms with Crippen LogP contribution in [0.15, 0.2) is 36.9 Å².